The van der Waals surface area contributed by atoms with Gasteiger partial charge in [-0.2, -0.15) is 0 Å². The molecule has 5 nitrogen and oxygen atoms in total. The van der Waals surface area contributed by atoms with Crippen LogP contribution in [0.5, 0.6) is 5.75 Å². The highest BCUT2D eigenvalue weighted by Crippen LogP contribution is 2.29. The van der Waals surface area contributed by atoms with Crippen LogP contribution >= 0.6 is 0 Å². The number of rotatable bonds is 6. The van der Waals surface area contributed by atoms with E-state index in [1.54, 1.807) is 6.07 Å². The van der Waals surface area contributed by atoms with Crippen molar-refractivity contribution in [1.29, 1.82) is 0 Å². The van der Waals surface area contributed by atoms with Crippen molar-refractivity contribution in [3.05, 3.63) is 35.7 Å². The number of hydrogen-bond acceptors (Lipinski definition) is 4. The van der Waals surface area contributed by atoms with Gasteiger partial charge in [0.25, 0.3) is 5.91 Å². The third kappa shape index (κ3) is 5.58. The molecule has 0 saturated heterocycles. The molecule has 0 bridgehead atoms. The minimum Gasteiger partial charge on any atom is -0.494 e. The number of esters is 1. The Hall–Kier alpha value is -2.37. The van der Waals surface area contributed by atoms with E-state index in [0.717, 1.165) is 12.8 Å². The number of hydrogen-bond donors (Lipinski definition) is 1. The van der Waals surface area contributed by atoms with Crippen LogP contribution in [0.25, 0.3) is 6.08 Å². The van der Waals surface area contributed by atoms with Crippen molar-refractivity contribution < 1.29 is 23.5 Å². The fourth-order valence-corrected chi connectivity index (χ4v) is 3.17. The summed E-state index contributed by atoms with van der Waals surface area (Å²) in [5, 5.41) is 2.94. The summed E-state index contributed by atoms with van der Waals surface area (Å²) in [6, 6.07) is 4.47. The van der Waals surface area contributed by atoms with Gasteiger partial charge in [0.2, 0.25) is 0 Å². The van der Waals surface area contributed by atoms with Crippen LogP contribution in [-0.2, 0) is 14.3 Å². The number of nitrogens with one attached hydrogen (secondary N) is 1. The average molecular weight is 363 g/mol. The largest absolute Gasteiger partial charge is 0.494 e. The van der Waals surface area contributed by atoms with E-state index in [1.165, 1.54) is 37.8 Å². The summed E-state index contributed by atoms with van der Waals surface area (Å²) in [4.78, 5) is 23.7. The molecule has 1 aliphatic carbocycles. The maximum Gasteiger partial charge on any atom is 0.331 e. The van der Waals surface area contributed by atoms with Crippen LogP contribution in [0, 0.1) is 17.7 Å². The Balaban J connectivity index is 1.79. The van der Waals surface area contributed by atoms with Gasteiger partial charge in [-0.1, -0.05) is 32.8 Å². The SMILES string of the molecule is COc1ccc(/C=C/C(=O)OCC(=O)N[C@@H]2CCC[C@@H](C)[C@H]2C)cc1F. The lowest BCUT2D eigenvalue weighted by atomic mass is 9.78. The fourth-order valence-electron chi connectivity index (χ4n) is 3.17. The monoisotopic (exact) mass is 363 g/mol. The van der Waals surface area contributed by atoms with Gasteiger partial charge in [0.1, 0.15) is 0 Å². The number of methoxy groups -OCH3 is 1. The first-order chi connectivity index (χ1) is 12.4. The lowest BCUT2D eigenvalue weighted by Gasteiger charge is -2.34. The van der Waals surface area contributed by atoms with Crippen molar-refractivity contribution in [2.45, 2.75) is 39.2 Å². The molecule has 26 heavy (non-hydrogen) atoms. The minimum atomic E-state index is -0.651. The van der Waals surface area contributed by atoms with Gasteiger partial charge in [0.05, 0.1) is 7.11 Å². The lowest BCUT2D eigenvalue weighted by molar-refractivity contribution is -0.144. The zero-order valence-electron chi connectivity index (χ0n) is 15.5. The molecule has 142 valence electrons. The maximum atomic E-state index is 13.6. The quantitative estimate of drug-likeness (QED) is 0.622. The molecular formula is C20H26FNO4. The molecule has 1 amide bonds. The molecule has 1 saturated carbocycles. The number of halogens is 1. The van der Waals surface area contributed by atoms with E-state index in [-0.39, 0.29) is 24.3 Å². The van der Waals surface area contributed by atoms with Crippen molar-refractivity contribution in [2.75, 3.05) is 13.7 Å². The van der Waals surface area contributed by atoms with Crippen LogP contribution in [0.3, 0.4) is 0 Å². The Morgan fingerprint density at radius 1 is 1.31 bits per heavy atom. The number of benzene rings is 1. The first kappa shape index (κ1) is 19.9. The second-order valence-corrected chi connectivity index (χ2v) is 6.78. The summed E-state index contributed by atoms with van der Waals surface area (Å²) in [6.07, 6.45) is 5.82. The van der Waals surface area contributed by atoms with E-state index in [2.05, 4.69) is 19.2 Å². The van der Waals surface area contributed by atoms with Gasteiger partial charge >= 0.3 is 5.97 Å². The fraction of sp³-hybridized carbons (Fsp3) is 0.500. The molecule has 0 radical (unpaired) electrons. The van der Waals surface area contributed by atoms with Crippen LogP contribution in [-0.4, -0.2) is 31.6 Å². The summed E-state index contributed by atoms with van der Waals surface area (Å²) < 4.78 is 23.4. The van der Waals surface area contributed by atoms with Crippen molar-refractivity contribution in [2.24, 2.45) is 11.8 Å². The van der Waals surface area contributed by atoms with Crippen LogP contribution in [0.1, 0.15) is 38.7 Å². The van der Waals surface area contributed by atoms with Crippen molar-refractivity contribution >= 4 is 18.0 Å². The highest BCUT2D eigenvalue weighted by atomic mass is 19.1. The first-order valence-electron chi connectivity index (χ1n) is 8.88. The average Bonchev–Trinajstić information content (AvgIpc) is 2.62. The topological polar surface area (TPSA) is 64.6 Å². The van der Waals surface area contributed by atoms with Gasteiger partial charge in [0.15, 0.2) is 18.2 Å². The summed E-state index contributed by atoms with van der Waals surface area (Å²) in [5.41, 5.74) is 0.495. The Labute approximate surface area is 153 Å². The molecule has 0 aromatic heterocycles. The van der Waals surface area contributed by atoms with Crippen LogP contribution < -0.4 is 10.1 Å². The molecule has 0 unspecified atom stereocenters. The normalized spacial score (nSPS) is 22.8. The molecule has 0 spiro atoms. The highest BCUT2D eigenvalue weighted by molar-refractivity contribution is 5.89. The first-order valence-corrected chi connectivity index (χ1v) is 8.88. The second-order valence-electron chi connectivity index (χ2n) is 6.78. The summed E-state index contributed by atoms with van der Waals surface area (Å²) in [7, 11) is 1.38. The summed E-state index contributed by atoms with van der Waals surface area (Å²) in [5.74, 6) is -0.349. The van der Waals surface area contributed by atoms with E-state index in [9.17, 15) is 14.0 Å². The van der Waals surface area contributed by atoms with E-state index in [1.807, 2.05) is 0 Å². The molecular weight excluding hydrogens is 337 g/mol. The Bertz CT molecular complexity index is 674. The summed E-state index contributed by atoms with van der Waals surface area (Å²) in [6.45, 7) is 4.01. The van der Waals surface area contributed by atoms with E-state index >= 15 is 0 Å². The number of carbonyl (C=O) groups is 2. The smallest absolute Gasteiger partial charge is 0.331 e. The van der Waals surface area contributed by atoms with E-state index in [0.29, 0.717) is 17.4 Å². The van der Waals surface area contributed by atoms with Gasteiger partial charge in [-0.25, -0.2) is 9.18 Å². The molecule has 2 rings (SSSR count). The minimum absolute atomic E-state index is 0.128. The standard InChI is InChI=1S/C20H26FNO4/c1-13-5-4-6-17(14(13)2)22-19(23)12-26-20(24)10-8-15-7-9-18(25-3)16(21)11-15/h7-11,13-14,17H,4-6,12H2,1-3H3,(H,22,23)/b10-8+/t13-,14-,17-/m1/s1. The Morgan fingerprint density at radius 2 is 2.08 bits per heavy atom. The molecule has 1 fully saturated rings. The van der Waals surface area contributed by atoms with Crippen LogP contribution in [0.15, 0.2) is 24.3 Å². The van der Waals surface area contributed by atoms with Gasteiger partial charge in [-0.15, -0.1) is 0 Å². The predicted molar refractivity (Wildman–Crippen MR) is 97.1 cm³/mol. The van der Waals surface area contributed by atoms with E-state index < -0.39 is 11.8 Å². The van der Waals surface area contributed by atoms with Crippen molar-refractivity contribution in [1.82, 2.24) is 5.32 Å². The molecule has 6 heteroatoms. The highest BCUT2D eigenvalue weighted by Gasteiger charge is 2.28. The summed E-state index contributed by atoms with van der Waals surface area (Å²) >= 11 is 0. The van der Waals surface area contributed by atoms with Crippen LogP contribution in [0.2, 0.25) is 0 Å². The number of carbonyl (C=O) groups excluding carboxylic acids is 2. The maximum absolute atomic E-state index is 13.6. The van der Waals surface area contributed by atoms with Crippen LogP contribution in [0.4, 0.5) is 4.39 Å². The van der Waals surface area contributed by atoms with Crippen molar-refractivity contribution in [3.8, 4) is 5.75 Å². The molecule has 1 N–H and O–H groups in total. The third-order valence-electron chi connectivity index (χ3n) is 4.99. The zero-order chi connectivity index (χ0) is 19.1. The van der Waals surface area contributed by atoms with Crippen molar-refractivity contribution in [3.63, 3.8) is 0 Å². The molecule has 1 aromatic rings. The third-order valence-corrected chi connectivity index (χ3v) is 4.99. The van der Waals surface area contributed by atoms with Gasteiger partial charge < -0.3 is 14.8 Å². The second kappa shape index (κ2) is 9.36. The van der Waals surface area contributed by atoms with E-state index in [4.69, 9.17) is 9.47 Å². The van der Waals surface area contributed by atoms with Gasteiger partial charge in [-0.05, 0) is 42.0 Å². The molecule has 3 atom stereocenters. The molecule has 0 aliphatic heterocycles. The van der Waals surface area contributed by atoms with Gasteiger partial charge in [0, 0.05) is 12.1 Å². The number of ether oxygens (including phenoxy) is 2. The number of amides is 1. The Kier molecular flexibility index (Phi) is 7.18. The lowest BCUT2D eigenvalue weighted by Crippen LogP contribution is -2.45. The predicted octanol–water partition coefficient (Wildman–Crippen LogP) is 3.33. The molecule has 0 heterocycles. The molecule has 1 aromatic carbocycles. The molecule has 1 aliphatic rings. The Morgan fingerprint density at radius 3 is 2.77 bits per heavy atom. The van der Waals surface area contributed by atoms with Gasteiger partial charge in [-0.3, -0.25) is 4.79 Å². The zero-order valence-corrected chi connectivity index (χ0v) is 15.5.